The summed E-state index contributed by atoms with van der Waals surface area (Å²) in [6.45, 7) is 0.285. The Morgan fingerprint density at radius 3 is 2.71 bits per heavy atom. The molecule has 1 N–H and O–H groups in total. The minimum Gasteiger partial charge on any atom is -0.445 e. The van der Waals surface area contributed by atoms with Gasteiger partial charge in [-0.05, 0) is 11.6 Å². The van der Waals surface area contributed by atoms with E-state index in [1.165, 1.54) is 16.9 Å². The molecule has 0 fully saturated rings. The fraction of sp³-hybridized carbons (Fsp3) is 0.100. The van der Waals surface area contributed by atoms with E-state index in [2.05, 4.69) is 22.3 Å². The first-order valence-corrected chi connectivity index (χ1v) is 8.35. The van der Waals surface area contributed by atoms with Crippen molar-refractivity contribution < 1.29 is 14.5 Å². The van der Waals surface area contributed by atoms with Gasteiger partial charge in [0.15, 0.2) is 0 Å². The van der Waals surface area contributed by atoms with Crippen molar-refractivity contribution in [2.45, 2.75) is 6.61 Å². The van der Waals surface area contributed by atoms with Crippen LogP contribution in [0.4, 0.5) is 10.5 Å². The van der Waals surface area contributed by atoms with Gasteiger partial charge >= 0.3 is 6.09 Å². The molecule has 3 aromatic rings. The Bertz CT molecular complexity index is 1030. The van der Waals surface area contributed by atoms with E-state index in [1.54, 1.807) is 24.4 Å². The van der Waals surface area contributed by atoms with Gasteiger partial charge in [0.2, 0.25) is 0 Å². The number of aromatic nitrogens is 2. The Morgan fingerprint density at radius 1 is 1.18 bits per heavy atom. The molecule has 8 heteroatoms. The van der Waals surface area contributed by atoms with Gasteiger partial charge in [-0.3, -0.25) is 10.1 Å². The minimum absolute atomic E-state index is 0.0482. The Morgan fingerprint density at radius 2 is 1.93 bits per heavy atom. The predicted molar refractivity (Wildman–Crippen MR) is 102 cm³/mol. The average molecular weight is 376 g/mol. The number of nitro benzene ring substituents is 1. The number of carbonyl (C=O) groups excluding carboxylic acids is 1. The van der Waals surface area contributed by atoms with E-state index in [0.29, 0.717) is 11.3 Å². The number of alkyl carbamates (subject to hydrolysis) is 1. The van der Waals surface area contributed by atoms with Crippen molar-refractivity contribution in [2.75, 3.05) is 6.54 Å². The van der Waals surface area contributed by atoms with E-state index in [0.717, 1.165) is 5.56 Å². The Kier molecular flexibility index (Phi) is 6.00. The van der Waals surface area contributed by atoms with Crippen LogP contribution in [0.1, 0.15) is 11.1 Å². The van der Waals surface area contributed by atoms with Crippen LogP contribution < -0.4 is 5.32 Å². The maximum Gasteiger partial charge on any atom is 0.408 e. The first-order valence-electron chi connectivity index (χ1n) is 8.35. The van der Waals surface area contributed by atoms with Crippen LogP contribution in [0.5, 0.6) is 0 Å². The van der Waals surface area contributed by atoms with Crippen LogP contribution in [0.25, 0.3) is 5.69 Å². The highest BCUT2D eigenvalue weighted by Gasteiger charge is 2.14. The molecule has 0 aliphatic heterocycles. The molecule has 0 radical (unpaired) electrons. The van der Waals surface area contributed by atoms with Gasteiger partial charge in [0, 0.05) is 12.3 Å². The van der Waals surface area contributed by atoms with Crippen LogP contribution >= 0.6 is 0 Å². The second kappa shape index (κ2) is 9.00. The third kappa shape index (κ3) is 4.95. The molecule has 0 atom stereocenters. The second-order valence-electron chi connectivity index (χ2n) is 5.64. The lowest BCUT2D eigenvalue weighted by Gasteiger charge is -2.04. The van der Waals surface area contributed by atoms with Gasteiger partial charge in [-0.15, -0.1) is 0 Å². The molecule has 140 valence electrons. The summed E-state index contributed by atoms with van der Waals surface area (Å²) in [6, 6.07) is 15.6. The Hall–Kier alpha value is -4.12. The summed E-state index contributed by atoms with van der Waals surface area (Å²) in [5, 5.41) is 17.7. The standard InChI is InChI=1S/C20H16N4O4/c25-20(28-15-16-7-2-1-3-8-16)21-12-6-9-17-13-22-23(14-17)18-10-4-5-11-19(18)24(26)27/h1-5,7-8,10-11,13-14H,12,15H2,(H,21,25). The van der Waals surface area contributed by atoms with Gasteiger partial charge in [0.25, 0.3) is 5.69 Å². The highest BCUT2D eigenvalue weighted by molar-refractivity contribution is 5.67. The van der Waals surface area contributed by atoms with Crippen molar-refractivity contribution in [1.82, 2.24) is 15.1 Å². The number of nitrogens with one attached hydrogen (secondary N) is 1. The number of ether oxygens (including phenoxy) is 1. The summed E-state index contributed by atoms with van der Waals surface area (Å²) >= 11 is 0. The van der Waals surface area contributed by atoms with Gasteiger partial charge in [0.1, 0.15) is 12.3 Å². The number of rotatable bonds is 5. The first-order chi connectivity index (χ1) is 13.6. The lowest BCUT2D eigenvalue weighted by Crippen LogP contribution is -2.24. The maximum atomic E-state index is 11.6. The molecule has 3 rings (SSSR count). The third-order valence-corrected chi connectivity index (χ3v) is 3.67. The molecule has 0 spiro atoms. The van der Waals surface area contributed by atoms with Crippen LogP contribution in [-0.4, -0.2) is 27.3 Å². The third-order valence-electron chi connectivity index (χ3n) is 3.67. The summed E-state index contributed by atoms with van der Waals surface area (Å²) in [4.78, 5) is 22.3. The predicted octanol–water partition coefficient (Wildman–Crippen LogP) is 3.06. The molecule has 1 amide bonds. The number of hydrogen-bond donors (Lipinski definition) is 1. The molecule has 0 saturated carbocycles. The van der Waals surface area contributed by atoms with Gasteiger partial charge in [-0.2, -0.15) is 5.10 Å². The minimum atomic E-state index is -0.561. The average Bonchev–Trinajstić information content (AvgIpc) is 3.19. The van der Waals surface area contributed by atoms with Crippen molar-refractivity contribution in [3.63, 3.8) is 0 Å². The number of para-hydroxylation sites is 2. The smallest absolute Gasteiger partial charge is 0.408 e. The second-order valence-corrected chi connectivity index (χ2v) is 5.64. The summed E-state index contributed by atoms with van der Waals surface area (Å²) in [5.74, 6) is 5.62. The molecule has 28 heavy (non-hydrogen) atoms. The molecule has 0 bridgehead atoms. The highest BCUT2D eigenvalue weighted by Crippen LogP contribution is 2.21. The number of amides is 1. The number of carbonyl (C=O) groups is 1. The largest absolute Gasteiger partial charge is 0.445 e. The lowest BCUT2D eigenvalue weighted by molar-refractivity contribution is -0.384. The molecule has 0 aliphatic carbocycles. The molecule has 1 aromatic heterocycles. The van der Waals surface area contributed by atoms with Crippen LogP contribution in [0.2, 0.25) is 0 Å². The Balaban J connectivity index is 1.53. The van der Waals surface area contributed by atoms with Crippen LogP contribution in [0, 0.1) is 22.0 Å². The van der Waals surface area contributed by atoms with E-state index in [-0.39, 0.29) is 18.8 Å². The van der Waals surface area contributed by atoms with Crippen LogP contribution in [0.15, 0.2) is 67.0 Å². The fourth-order valence-corrected chi connectivity index (χ4v) is 2.37. The van der Waals surface area contributed by atoms with Gasteiger partial charge in [-0.1, -0.05) is 54.3 Å². The van der Waals surface area contributed by atoms with E-state index < -0.39 is 11.0 Å². The molecule has 0 aliphatic rings. The SMILES string of the molecule is O=C(NCC#Cc1cnn(-c2ccccc2[N+](=O)[O-])c1)OCc1ccccc1. The van der Waals surface area contributed by atoms with Crippen LogP contribution in [0.3, 0.4) is 0 Å². The molecule has 0 unspecified atom stereocenters. The maximum absolute atomic E-state index is 11.6. The summed E-state index contributed by atoms with van der Waals surface area (Å²) in [6.07, 6.45) is 2.52. The van der Waals surface area contributed by atoms with E-state index in [9.17, 15) is 14.9 Å². The molecular weight excluding hydrogens is 360 g/mol. The normalized spacial score (nSPS) is 9.86. The number of benzene rings is 2. The van der Waals surface area contributed by atoms with E-state index in [1.807, 2.05) is 30.3 Å². The molecule has 8 nitrogen and oxygen atoms in total. The van der Waals surface area contributed by atoms with Gasteiger partial charge in [-0.25, -0.2) is 9.48 Å². The zero-order valence-electron chi connectivity index (χ0n) is 14.7. The van der Waals surface area contributed by atoms with Crippen molar-refractivity contribution in [3.05, 3.63) is 88.2 Å². The molecule has 2 aromatic carbocycles. The van der Waals surface area contributed by atoms with Gasteiger partial charge in [0.05, 0.1) is 23.2 Å². The summed E-state index contributed by atoms with van der Waals surface area (Å²) in [7, 11) is 0. The summed E-state index contributed by atoms with van der Waals surface area (Å²) < 4.78 is 6.47. The quantitative estimate of drug-likeness (QED) is 0.419. The Labute approximate surface area is 160 Å². The number of nitro groups is 1. The first kappa shape index (κ1) is 18.7. The zero-order chi connectivity index (χ0) is 19.8. The topological polar surface area (TPSA) is 99.3 Å². The van der Waals surface area contributed by atoms with Crippen molar-refractivity contribution >= 4 is 11.8 Å². The van der Waals surface area contributed by atoms with E-state index in [4.69, 9.17) is 4.74 Å². The fourth-order valence-electron chi connectivity index (χ4n) is 2.37. The van der Waals surface area contributed by atoms with Crippen molar-refractivity contribution in [2.24, 2.45) is 0 Å². The zero-order valence-corrected chi connectivity index (χ0v) is 14.7. The number of nitrogens with zero attached hydrogens (tertiary/aromatic N) is 3. The number of hydrogen-bond acceptors (Lipinski definition) is 5. The van der Waals surface area contributed by atoms with Crippen molar-refractivity contribution in [3.8, 4) is 17.5 Å². The summed E-state index contributed by atoms with van der Waals surface area (Å²) in [5.41, 5.74) is 1.76. The molecule has 1 heterocycles. The lowest BCUT2D eigenvalue weighted by atomic mass is 10.2. The monoisotopic (exact) mass is 376 g/mol. The van der Waals surface area contributed by atoms with Crippen LogP contribution in [-0.2, 0) is 11.3 Å². The van der Waals surface area contributed by atoms with Crippen molar-refractivity contribution in [1.29, 1.82) is 0 Å². The molecular formula is C20H16N4O4. The van der Waals surface area contributed by atoms with Gasteiger partial charge < -0.3 is 10.1 Å². The highest BCUT2D eigenvalue weighted by atomic mass is 16.6. The molecule has 0 saturated heterocycles. The van der Waals surface area contributed by atoms with E-state index >= 15 is 0 Å².